The van der Waals surface area contributed by atoms with Crippen molar-refractivity contribution in [1.29, 1.82) is 0 Å². The predicted octanol–water partition coefficient (Wildman–Crippen LogP) is 5.29. The van der Waals surface area contributed by atoms with E-state index in [1.54, 1.807) is 23.7 Å². The molecule has 138 valence electrons. The average molecular weight is 394 g/mol. The maximum Gasteiger partial charge on any atom is 0.181 e. The Bertz CT molecular complexity index is 1450. The summed E-state index contributed by atoms with van der Waals surface area (Å²) in [5.74, 6) is 0. The summed E-state index contributed by atoms with van der Waals surface area (Å²) in [6, 6.07) is 16.2. The lowest BCUT2D eigenvalue weighted by atomic mass is 10.1. The van der Waals surface area contributed by atoms with Crippen molar-refractivity contribution >= 4 is 33.3 Å². The van der Waals surface area contributed by atoms with Crippen LogP contribution in [-0.4, -0.2) is 30.1 Å². The van der Waals surface area contributed by atoms with E-state index in [1.807, 2.05) is 36.5 Å². The molecule has 6 aromatic rings. The van der Waals surface area contributed by atoms with Crippen LogP contribution in [0.3, 0.4) is 0 Å². The third-order valence-electron chi connectivity index (χ3n) is 4.94. The topological polar surface area (TPSA) is 83.1 Å². The van der Waals surface area contributed by atoms with E-state index in [9.17, 15) is 0 Å². The Balaban J connectivity index is 1.53. The summed E-state index contributed by atoms with van der Waals surface area (Å²) >= 11 is 1.69. The first kappa shape index (κ1) is 16.1. The van der Waals surface area contributed by atoms with Gasteiger partial charge in [-0.3, -0.25) is 15.1 Å². The summed E-state index contributed by atoms with van der Waals surface area (Å²) in [6.07, 6.45) is 5.43. The number of pyridine rings is 3. The van der Waals surface area contributed by atoms with Crippen molar-refractivity contribution in [2.75, 3.05) is 0 Å². The van der Waals surface area contributed by atoms with Gasteiger partial charge in [0.25, 0.3) is 0 Å². The van der Waals surface area contributed by atoms with E-state index in [4.69, 9.17) is 0 Å². The van der Waals surface area contributed by atoms with Gasteiger partial charge in [0.2, 0.25) is 0 Å². The van der Waals surface area contributed by atoms with Crippen LogP contribution < -0.4 is 0 Å². The Labute approximate surface area is 169 Å². The summed E-state index contributed by atoms with van der Waals surface area (Å²) in [5.41, 5.74) is 6.39. The minimum absolute atomic E-state index is 0.676. The summed E-state index contributed by atoms with van der Waals surface area (Å²) in [4.78, 5) is 18.2. The number of aromatic amines is 2. The Kier molecular flexibility index (Phi) is 3.54. The minimum atomic E-state index is 0.676. The average Bonchev–Trinajstić information content (AvgIpc) is 3.52. The number of fused-ring (bicyclic) bond motifs is 2. The number of H-pyrrole nitrogens is 2. The third-order valence-corrected chi connectivity index (χ3v) is 5.82. The normalized spacial score (nSPS) is 11.4. The van der Waals surface area contributed by atoms with Gasteiger partial charge in [-0.1, -0.05) is 12.1 Å². The van der Waals surface area contributed by atoms with E-state index in [1.165, 1.54) is 0 Å². The van der Waals surface area contributed by atoms with Gasteiger partial charge in [0.15, 0.2) is 5.65 Å². The molecule has 0 amide bonds. The zero-order chi connectivity index (χ0) is 19.2. The van der Waals surface area contributed by atoms with Crippen LogP contribution in [0.25, 0.3) is 55.2 Å². The van der Waals surface area contributed by atoms with Crippen LogP contribution in [0.1, 0.15) is 0 Å². The van der Waals surface area contributed by atoms with Crippen LogP contribution in [0.2, 0.25) is 0 Å². The summed E-state index contributed by atoms with van der Waals surface area (Å²) in [5, 5.41) is 11.6. The summed E-state index contributed by atoms with van der Waals surface area (Å²) in [6.45, 7) is 0. The van der Waals surface area contributed by atoms with Crippen LogP contribution in [0.5, 0.6) is 0 Å². The molecule has 0 saturated carbocycles. The minimum Gasteiger partial charge on any atom is -0.353 e. The highest BCUT2D eigenvalue weighted by Crippen LogP contribution is 2.34. The quantitative estimate of drug-likeness (QED) is 0.427. The number of hydrogen-bond donors (Lipinski definition) is 2. The molecule has 0 aliphatic carbocycles. The van der Waals surface area contributed by atoms with Crippen molar-refractivity contribution < 1.29 is 0 Å². The second-order valence-corrected chi connectivity index (χ2v) is 7.64. The van der Waals surface area contributed by atoms with Crippen molar-refractivity contribution in [3.63, 3.8) is 0 Å². The van der Waals surface area contributed by atoms with Crippen LogP contribution in [0.15, 0.2) is 72.5 Å². The predicted molar refractivity (Wildman–Crippen MR) is 116 cm³/mol. The van der Waals surface area contributed by atoms with Gasteiger partial charge >= 0.3 is 0 Å². The van der Waals surface area contributed by atoms with E-state index in [2.05, 4.69) is 53.7 Å². The molecule has 6 rings (SSSR count). The van der Waals surface area contributed by atoms with E-state index in [0.717, 1.165) is 49.5 Å². The maximum absolute atomic E-state index is 4.60. The Morgan fingerprint density at radius 1 is 0.862 bits per heavy atom. The first-order valence-electron chi connectivity index (χ1n) is 9.14. The molecule has 0 saturated heterocycles. The molecular weight excluding hydrogens is 380 g/mol. The van der Waals surface area contributed by atoms with Crippen molar-refractivity contribution in [2.24, 2.45) is 0 Å². The van der Waals surface area contributed by atoms with Crippen LogP contribution >= 0.6 is 11.3 Å². The number of nitrogens with zero attached hydrogens (tertiary/aromatic N) is 4. The monoisotopic (exact) mass is 394 g/mol. The molecule has 0 unspecified atom stereocenters. The molecule has 0 radical (unpaired) electrons. The lowest BCUT2D eigenvalue weighted by Gasteiger charge is -2.00. The second-order valence-electron chi connectivity index (χ2n) is 6.69. The van der Waals surface area contributed by atoms with Crippen LogP contribution in [-0.2, 0) is 0 Å². The van der Waals surface area contributed by atoms with Crippen molar-refractivity contribution in [3.8, 4) is 33.2 Å². The molecule has 2 N–H and O–H groups in total. The largest absolute Gasteiger partial charge is 0.353 e. The lowest BCUT2D eigenvalue weighted by molar-refractivity contribution is 1.10. The van der Waals surface area contributed by atoms with Gasteiger partial charge in [-0.15, -0.1) is 11.3 Å². The molecule has 0 bridgehead atoms. The zero-order valence-electron chi connectivity index (χ0n) is 15.1. The molecule has 7 heteroatoms. The molecular formula is C22H14N6S. The Hall–Kier alpha value is -3.84. The molecule has 0 aliphatic heterocycles. The van der Waals surface area contributed by atoms with Gasteiger partial charge in [-0.2, -0.15) is 5.10 Å². The molecule has 0 fully saturated rings. The number of aromatic nitrogens is 6. The Morgan fingerprint density at radius 2 is 1.86 bits per heavy atom. The van der Waals surface area contributed by atoms with Gasteiger partial charge in [-0.05, 0) is 41.8 Å². The van der Waals surface area contributed by atoms with Gasteiger partial charge in [0, 0.05) is 40.4 Å². The summed E-state index contributed by atoms with van der Waals surface area (Å²) < 4.78 is 0. The molecule has 0 aromatic carbocycles. The molecule has 29 heavy (non-hydrogen) atoms. The summed E-state index contributed by atoms with van der Waals surface area (Å²) in [7, 11) is 0. The molecule has 0 atom stereocenters. The molecule has 6 nitrogen and oxygen atoms in total. The molecule has 0 spiro atoms. The molecule has 6 heterocycles. The lowest BCUT2D eigenvalue weighted by Crippen LogP contribution is -1.85. The number of thiophene rings is 1. The van der Waals surface area contributed by atoms with Crippen molar-refractivity contribution in [2.45, 2.75) is 0 Å². The third kappa shape index (κ3) is 2.63. The highest BCUT2D eigenvalue weighted by atomic mass is 32.1. The van der Waals surface area contributed by atoms with Crippen LogP contribution in [0, 0.1) is 0 Å². The smallest absolute Gasteiger partial charge is 0.181 e. The zero-order valence-corrected chi connectivity index (χ0v) is 15.9. The van der Waals surface area contributed by atoms with E-state index < -0.39 is 0 Å². The standard InChI is InChI=1S/C22H14N6S/c1-2-7-23-16(4-1)13-10-15-20(27-28-22(15)25-12-13)18-11-14-17(26-18)6-8-24-21(14)19-5-3-9-29-19/h1-12,26H,(H,25,27,28). The van der Waals surface area contributed by atoms with E-state index >= 15 is 0 Å². The van der Waals surface area contributed by atoms with Gasteiger partial charge in [0.05, 0.1) is 27.7 Å². The number of rotatable bonds is 3. The highest BCUT2D eigenvalue weighted by Gasteiger charge is 2.15. The fourth-order valence-electron chi connectivity index (χ4n) is 3.58. The van der Waals surface area contributed by atoms with Gasteiger partial charge in [-0.25, -0.2) is 4.98 Å². The number of hydrogen-bond acceptors (Lipinski definition) is 5. The van der Waals surface area contributed by atoms with Crippen molar-refractivity contribution in [3.05, 3.63) is 72.5 Å². The van der Waals surface area contributed by atoms with Crippen LogP contribution in [0.4, 0.5) is 0 Å². The fraction of sp³-hybridized carbons (Fsp3) is 0. The van der Waals surface area contributed by atoms with E-state index in [-0.39, 0.29) is 0 Å². The van der Waals surface area contributed by atoms with Crippen molar-refractivity contribution in [1.82, 2.24) is 30.1 Å². The van der Waals surface area contributed by atoms with Gasteiger partial charge < -0.3 is 4.98 Å². The number of nitrogens with one attached hydrogen (secondary N) is 2. The molecule has 6 aromatic heterocycles. The maximum atomic E-state index is 4.60. The highest BCUT2D eigenvalue weighted by molar-refractivity contribution is 7.13. The first-order valence-corrected chi connectivity index (χ1v) is 10.0. The Morgan fingerprint density at radius 3 is 2.72 bits per heavy atom. The second kappa shape index (κ2) is 6.35. The molecule has 0 aliphatic rings. The fourth-order valence-corrected chi connectivity index (χ4v) is 4.31. The SMILES string of the molecule is c1ccc(-c2cnc3n[nH]c(-c4cc5c(-c6cccs6)nccc5[nH]4)c3c2)nc1. The van der Waals surface area contributed by atoms with Gasteiger partial charge in [0.1, 0.15) is 0 Å². The first-order chi connectivity index (χ1) is 14.4. The van der Waals surface area contributed by atoms with E-state index in [0.29, 0.717) is 5.65 Å².